The van der Waals surface area contributed by atoms with Crippen molar-refractivity contribution in [2.24, 2.45) is 5.10 Å². The largest absolute Gasteiger partial charge is 0.379 e. The molecule has 0 spiro atoms. The predicted molar refractivity (Wildman–Crippen MR) is 120 cm³/mol. The van der Waals surface area contributed by atoms with Gasteiger partial charge in [0.2, 0.25) is 5.91 Å². The second-order valence-corrected chi connectivity index (χ2v) is 10.9. The summed E-state index contributed by atoms with van der Waals surface area (Å²) in [6, 6.07) is 7.35. The topological polar surface area (TPSA) is 108 Å². The van der Waals surface area contributed by atoms with E-state index in [1.54, 1.807) is 0 Å². The quantitative estimate of drug-likeness (QED) is 0.665. The van der Waals surface area contributed by atoms with Gasteiger partial charge in [0.25, 0.3) is 5.91 Å². The molecule has 2 fully saturated rings. The molecule has 10 heteroatoms. The van der Waals surface area contributed by atoms with Gasteiger partial charge in [-0.25, -0.2) is 13.4 Å². The Morgan fingerprint density at radius 1 is 1.22 bits per heavy atom. The maximum atomic E-state index is 13.1. The number of sulfone groups is 1. The summed E-state index contributed by atoms with van der Waals surface area (Å²) in [7, 11) is -3.16. The van der Waals surface area contributed by atoms with E-state index in [9.17, 15) is 18.0 Å². The Labute approximate surface area is 188 Å². The molecule has 32 heavy (non-hydrogen) atoms. The van der Waals surface area contributed by atoms with Gasteiger partial charge in [-0.05, 0) is 18.9 Å². The van der Waals surface area contributed by atoms with E-state index >= 15 is 0 Å². The van der Waals surface area contributed by atoms with Crippen LogP contribution in [0.3, 0.4) is 0 Å². The van der Waals surface area contributed by atoms with Crippen molar-refractivity contribution < 1.29 is 22.7 Å². The van der Waals surface area contributed by atoms with Gasteiger partial charge in [-0.2, -0.15) is 5.10 Å². The summed E-state index contributed by atoms with van der Waals surface area (Å²) in [5.41, 5.74) is 2.41. The molecule has 9 nitrogen and oxygen atoms in total. The van der Waals surface area contributed by atoms with E-state index in [4.69, 9.17) is 4.74 Å². The number of hydrogen-bond donors (Lipinski definition) is 1. The smallest absolute Gasteiger partial charge is 0.268 e. The minimum atomic E-state index is -3.16. The average molecular weight is 463 g/mol. The van der Waals surface area contributed by atoms with Crippen LogP contribution in [0.1, 0.15) is 36.4 Å². The number of amides is 2. The highest BCUT2D eigenvalue weighted by Crippen LogP contribution is 2.23. The van der Waals surface area contributed by atoms with E-state index in [1.807, 2.05) is 31.2 Å². The third kappa shape index (κ3) is 5.54. The minimum Gasteiger partial charge on any atom is -0.379 e. The number of aryl methyl sites for hydroxylation is 1. The minimum absolute atomic E-state index is 0.0492. The maximum Gasteiger partial charge on any atom is 0.268 e. The highest BCUT2D eigenvalue weighted by molar-refractivity contribution is 7.91. The average Bonchev–Trinajstić information content (AvgIpc) is 3.14. The van der Waals surface area contributed by atoms with Crippen molar-refractivity contribution in [3.63, 3.8) is 0 Å². The van der Waals surface area contributed by atoms with E-state index in [1.165, 1.54) is 5.01 Å². The van der Waals surface area contributed by atoms with Gasteiger partial charge < -0.3 is 10.1 Å². The fraction of sp³-hybridized carbons (Fsp3) is 0.591. The van der Waals surface area contributed by atoms with Crippen LogP contribution in [0.4, 0.5) is 0 Å². The number of ether oxygens (including phenoxy) is 1. The van der Waals surface area contributed by atoms with Crippen LogP contribution in [0.2, 0.25) is 0 Å². The fourth-order valence-electron chi connectivity index (χ4n) is 4.30. The molecule has 2 atom stereocenters. The van der Waals surface area contributed by atoms with Crippen molar-refractivity contribution in [2.45, 2.75) is 38.3 Å². The molecule has 1 aromatic rings. The van der Waals surface area contributed by atoms with E-state index in [-0.39, 0.29) is 47.9 Å². The molecule has 0 radical (unpaired) electrons. The lowest BCUT2D eigenvalue weighted by Crippen LogP contribution is -2.47. The molecular formula is C22H30N4O5S. The number of hydrazone groups is 1. The first-order valence-electron chi connectivity index (χ1n) is 11.1. The zero-order chi connectivity index (χ0) is 22.7. The van der Waals surface area contributed by atoms with Gasteiger partial charge in [0.15, 0.2) is 9.84 Å². The summed E-state index contributed by atoms with van der Waals surface area (Å²) in [4.78, 5) is 27.8. The van der Waals surface area contributed by atoms with Gasteiger partial charge >= 0.3 is 0 Å². The number of benzene rings is 1. The molecule has 1 N–H and O–H groups in total. The lowest BCUT2D eigenvalue weighted by Gasteiger charge is -2.32. The third-order valence-corrected chi connectivity index (χ3v) is 7.96. The van der Waals surface area contributed by atoms with Crippen LogP contribution in [0.5, 0.6) is 0 Å². The molecule has 4 rings (SSSR count). The first kappa shape index (κ1) is 22.9. The summed E-state index contributed by atoms with van der Waals surface area (Å²) in [5, 5.41) is 8.64. The number of nitrogens with one attached hydrogen (secondary N) is 1. The van der Waals surface area contributed by atoms with Gasteiger partial charge in [0, 0.05) is 32.5 Å². The molecule has 0 unspecified atom stereocenters. The Morgan fingerprint density at radius 2 is 1.94 bits per heavy atom. The number of nitrogens with zero attached hydrogens (tertiary/aromatic N) is 3. The standard InChI is InChI=1S/C22H30N4O5S/c1-16-2-4-17(5-3-16)20(14-25-9-11-31-12-10-25)23-22(28)19-6-7-21(27)26(24-19)18-8-13-32(29,30)15-18/h2-5,18,20H,6-15H2,1H3,(H,23,28)/t18-,20+/m0/s1. The summed E-state index contributed by atoms with van der Waals surface area (Å²) >= 11 is 0. The molecule has 3 aliphatic rings. The zero-order valence-corrected chi connectivity index (χ0v) is 19.1. The molecular weight excluding hydrogens is 432 g/mol. The predicted octanol–water partition coefficient (Wildman–Crippen LogP) is 0.650. The van der Waals surface area contributed by atoms with Crippen LogP contribution in [0.25, 0.3) is 0 Å². The highest BCUT2D eigenvalue weighted by atomic mass is 32.2. The third-order valence-electron chi connectivity index (χ3n) is 6.21. The Bertz CT molecular complexity index is 986. The Balaban J connectivity index is 1.50. The van der Waals surface area contributed by atoms with E-state index < -0.39 is 15.9 Å². The Hall–Kier alpha value is -2.30. The molecule has 2 saturated heterocycles. The molecule has 0 aliphatic carbocycles. The second-order valence-electron chi connectivity index (χ2n) is 8.69. The first-order chi connectivity index (χ1) is 15.3. The van der Waals surface area contributed by atoms with Crippen LogP contribution >= 0.6 is 0 Å². The van der Waals surface area contributed by atoms with Gasteiger partial charge in [-0.1, -0.05) is 29.8 Å². The Kier molecular flexibility index (Phi) is 6.92. The van der Waals surface area contributed by atoms with Crippen molar-refractivity contribution in [3.8, 4) is 0 Å². The van der Waals surface area contributed by atoms with Crippen LogP contribution in [0, 0.1) is 6.92 Å². The van der Waals surface area contributed by atoms with Crippen molar-refractivity contribution in [3.05, 3.63) is 35.4 Å². The fourth-order valence-corrected chi connectivity index (χ4v) is 6.00. The summed E-state index contributed by atoms with van der Waals surface area (Å²) in [6.45, 7) is 5.61. The zero-order valence-electron chi connectivity index (χ0n) is 18.3. The Morgan fingerprint density at radius 3 is 2.59 bits per heavy atom. The number of carbonyl (C=O) groups is 2. The number of morpholine rings is 1. The molecule has 0 saturated carbocycles. The molecule has 3 heterocycles. The normalized spacial score (nSPS) is 24.8. The molecule has 0 aromatic heterocycles. The van der Waals surface area contributed by atoms with E-state index in [0.29, 0.717) is 26.2 Å². The monoisotopic (exact) mass is 462 g/mol. The summed E-state index contributed by atoms with van der Waals surface area (Å²) in [6.07, 6.45) is 0.760. The van der Waals surface area contributed by atoms with Gasteiger partial charge in [-0.3, -0.25) is 14.5 Å². The van der Waals surface area contributed by atoms with Crippen molar-refractivity contribution in [1.82, 2.24) is 15.2 Å². The van der Waals surface area contributed by atoms with Crippen LogP contribution in [0.15, 0.2) is 29.4 Å². The SMILES string of the molecule is Cc1ccc([C@@H](CN2CCOCC2)NC(=O)C2=NN([C@H]3CCS(=O)(=O)C3)C(=O)CC2)cc1. The van der Waals surface area contributed by atoms with E-state index in [0.717, 1.165) is 24.2 Å². The van der Waals surface area contributed by atoms with Crippen molar-refractivity contribution >= 4 is 27.4 Å². The first-order valence-corrected chi connectivity index (χ1v) is 12.9. The molecule has 1 aromatic carbocycles. The number of hydrogen-bond acceptors (Lipinski definition) is 7. The molecule has 3 aliphatic heterocycles. The van der Waals surface area contributed by atoms with Crippen LogP contribution in [-0.4, -0.2) is 86.2 Å². The summed E-state index contributed by atoms with van der Waals surface area (Å²) < 4.78 is 29.1. The van der Waals surface area contributed by atoms with Gasteiger partial charge in [0.1, 0.15) is 5.71 Å². The number of carbonyl (C=O) groups excluding carboxylic acids is 2. The lowest BCUT2D eigenvalue weighted by molar-refractivity contribution is -0.133. The maximum absolute atomic E-state index is 13.1. The van der Waals surface area contributed by atoms with Crippen LogP contribution in [-0.2, 0) is 24.2 Å². The second kappa shape index (κ2) is 9.68. The summed E-state index contributed by atoms with van der Waals surface area (Å²) in [5.74, 6) is -0.595. The molecule has 174 valence electrons. The van der Waals surface area contributed by atoms with Crippen LogP contribution < -0.4 is 5.32 Å². The highest BCUT2D eigenvalue weighted by Gasteiger charge is 2.37. The number of rotatable bonds is 6. The molecule has 2 amide bonds. The van der Waals surface area contributed by atoms with Gasteiger partial charge in [-0.15, -0.1) is 0 Å². The van der Waals surface area contributed by atoms with E-state index in [2.05, 4.69) is 15.3 Å². The van der Waals surface area contributed by atoms with Crippen molar-refractivity contribution in [1.29, 1.82) is 0 Å². The molecule has 0 bridgehead atoms. The van der Waals surface area contributed by atoms with Crippen molar-refractivity contribution in [2.75, 3.05) is 44.4 Å². The van der Waals surface area contributed by atoms with Gasteiger partial charge in [0.05, 0.1) is 36.8 Å². The lowest BCUT2D eigenvalue weighted by atomic mass is 10.0.